The first-order valence-electron chi connectivity index (χ1n) is 23.7. The fraction of sp³-hybridized carbons (Fsp3) is 0.481. The van der Waals surface area contributed by atoms with Crippen molar-refractivity contribution in [3.8, 4) is 33.9 Å². The number of anilines is 1. The van der Waals surface area contributed by atoms with Crippen LogP contribution in [0.4, 0.5) is 5.69 Å². The number of fused-ring (bicyclic) bond motifs is 7. The molecule has 0 saturated carbocycles. The molecule has 2 saturated heterocycles. The van der Waals surface area contributed by atoms with Crippen molar-refractivity contribution in [3.05, 3.63) is 78.4 Å². The minimum absolute atomic E-state index is 0.00318. The third-order valence-corrected chi connectivity index (χ3v) is 13.9. The number of nitrogens with one attached hydrogen (secondary N) is 2. The molecule has 4 aliphatic rings. The number of aryl methyl sites for hydroxylation is 1. The van der Waals surface area contributed by atoms with Gasteiger partial charge in [-0.15, -0.1) is 0 Å². The second kappa shape index (κ2) is 19.1. The molecule has 3 aromatic carbocycles. The van der Waals surface area contributed by atoms with Gasteiger partial charge in [0.1, 0.15) is 36.2 Å². The molecule has 6 bridgehead atoms. The summed E-state index contributed by atoms with van der Waals surface area (Å²) < 4.78 is 14.6. The Balaban J connectivity index is 1.19. The van der Waals surface area contributed by atoms with Gasteiger partial charge in [-0.1, -0.05) is 52.5 Å². The number of likely N-dealkylation sites (tertiary alicyclic amines) is 1. The molecule has 2 fully saturated rings. The van der Waals surface area contributed by atoms with Crippen molar-refractivity contribution < 1.29 is 38.6 Å². The van der Waals surface area contributed by atoms with Crippen molar-refractivity contribution in [3.63, 3.8) is 0 Å². The number of aromatic hydroxyl groups is 1. The number of cyclic esters (lactones) is 1. The van der Waals surface area contributed by atoms with Crippen LogP contribution in [0.5, 0.6) is 11.5 Å². The van der Waals surface area contributed by atoms with Crippen LogP contribution < -0.4 is 20.4 Å². The molecule has 1 aromatic heterocycles. The topological polar surface area (TPSA) is 166 Å². The van der Waals surface area contributed by atoms with E-state index in [2.05, 4.69) is 84.9 Å². The predicted molar refractivity (Wildman–Crippen MR) is 257 cm³/mol. The van der Waals surface area contributed by atoms with Crippen LogP contribution in [-0.4, -0.2) is 126 Å². The fourth-order valence-corrected chi connectivity index (χ4v) is 10.4. The molecule has 0 aliphatic carbocycles. The molecule has 15 nitrogen and oxygen atoms in total. The van der Waals surface area contributed by atoms with Crippen LogP contribution in [0.2, 0.25) is 0 Å². The number of amides is 4. The number of rotatable bonds is 8. The summed E-state index contributed by atoms with van der Waals surface area (Å²) in [6.07, 6.45) is 3.22. The van der Waals surface area contributed by atoms with Gasteiger partial charge in [0, 0.05) is 68.6 Å². The van der Waals surface area contributed by atoms with Gasteiger partial charge in [-0.05, 0) is 103 Å². The van der Waals surface area contributed by atoms with E-state index < -0.39 is 47.2 Å². The normalized spacial score (nSPS) is 21.3. The lowest BCUT2D eigenvalue weighted by molar-refractivity contribution is -0.155. The van der Waals surface area contributed by atoms with Gasteiger partial charge in [0.05, 0.1) is 30.5 Å². The number of esters is 1. The van der Waals surface area contributed by atoms with Gasteiger partial charge in [0.2, 0.25) is 17.7 Å². The van der Waals surface area contributed by atoms with Crippen LogP contribution >= 0.6 is 0 Å². The van der Waals surface area contributed by atoms with Gasteiger partial charge in [-0.2, -0.15) is 0 Å². The smallest absolute Gasteiger partial charge is 0.324 e. The first-order chi connectivity index (χ1) is 32.0. The number of hydrogen-bond donors (Lipinski definition) is 3. The van der Waals surface area contributed by atoms with Crippen molar-refractivity contribution in [1.82, 2.24) is 30.1 Å². The van der Waals surface area contributed by atoms with Crippen LogP contribution in [0.15, 0.2) is 67.3 Å². The Morgan fingerprint density at radius 3 is 2.52 bits per heavy atom. The molecule has 0 unspecified atom stereocenters. The van der Waals surface area contributed by atoms with Gasteiger partial charge in [0.15, 0.2) is 0 Å². The van der Waals surface area contributed by atoms with Crippen molar-refractivity contribution in [1.29, 1.82) is 0 Å². The van der Waals surface area contributed by atoms with Crippen molar-refractivity contribution >= 4 is 46.2 Å². The molecule has 15 heteroatoms. The van der Waals surface area contributed by atoms with Crippen LogP contribution in [0.1, 0.15) is 65.0 Å². The van der Waals surface area contributed by atoms with E-state index in [9.17, 15) is 29.1 Å². The third kappa shape index (κ3) is 9.61. The predicted octanol–water partition coefficient (Wildman–Crippen LogP) is 5.70. The zero-order valence-electron chi connectivity index (χ0n) is 39.9. The molecule has 356 valence electrons. The van der Waals surface area contributed by atoms with E-state index in [0.29, 0.717) is 50.9 Å². The molecule has 0 radical (unpaired) electrons. The SMILES string of the molecule is C=CC(=O)N1CC[C@H](C(=O)N(C)[C@H](C(=O)N[C@H]2Cc3cc(O)cc(c3)-c3ccc4c(c3)c(c(-c3ccc5c(c3)OCCN5C)n4CC)CC(C)(C)COC(=O)[C@@H]3CCCN(N3)C2=O)C(C)C)C1. The molecule has 3 N–H and O–H groups in total. The van der Waals surface area contributed by atoms with Gasteiger partial charge < -0.3 is 39.2 Å². The number of benzene rings is 3. The fourth-order valence-electron chi connectivity index (χ4n) is 10.4. The van der Waals surface area contributed by atoms with Crippen LogP contribution in [-0.2, 0) is 48.1 Å². The summed E-state index contributed by atoms with van der Waals surface area (Å²) in [4.78, 5) is 74.6. The Labute approximate surface area is 393 Å². The summed E-state index contributed by atoms with van der Waals surface area (Å²) >= 11 is 0. The molecule has 4 amide bonds. The Bertz CT molecular complexity index is 2600. The summed E-state index contributed by atoms with van der Waals surface area (Å²) in [5.74, 6) is -1.99. The van der Waals surface area contributed by atoms with Gasteiger partial charge in [-0.3, -0.25) is 29.0 Å². The second-order valence-electron chi connectivity index (χ2n) is 19.8. The number of nitrogens with zero attached hydrogens (tertiary/aromatic N) is 5. The van der Waals surface area contributed by atoms with E-state index in [0.717, 1.165) is 56.8 Å². The zero-order chi connectivity index (χ0) is 47.9. The number of likely N-dealkylation sites (N-methyl/N-ethyl adjacent to an activating group) is 2. The minimum Gasteiger partial charge on any atom is -0.508 e. The number of hydrogen-bond acceptors (Lipinski definition) is 10. The van der Waals surface area contributed by atoms with E-state index in [-0.39, 0.29) is 49.6 Å². The lowest BCUT2D eigenvalue weighted by atomic mass is 9.84. The van der Waals surface area contributed by atoms with Gasteiger partial charge >= 0.3 is 5.97 Å². The molecule has 8 rings (SSSR count). The van der Waals surface area contributed by atoms with Crippen molar-refractivity contribution in [2.45, 2.75) is 91.4 Å². The number of hydrazine groups is 1. The number of aromatic nitrogens is 1. The van der Waals surface area contributed by atoms with Gasteiger partial charge in [-0.25, -0.2) is 5.43 Å². The number of phenolic OH excluding ortho intramolecular Hbond substituents is 1. The van der Waals surface area contributed by atoms with Crippen LogP contribution in [0.25, 0.3) is 33.3 Å². The zero-order valence-corrected chi connectivity index (χ0v) is 39.9. The number of ether oxygens (including phenoxy) is 2. The van der Waals surface area contributed by atoms with E-state index in [1.54, 1.807) is 24.1 Å². The molecule has 67 heavy (non-hydrogen) atoms. The summed E-state index contributed by atoms with van der Waals surface area (Å²) in [7, 11) is 3.65. The average Bonchev–Trinajstić information content (AvgIpc) is 3.92. The highest BCUT2D eigenvalue weighted by molar-refractivity contribution is 5.96. The Hall–Kier alpha value is -6.35. The summed E-state index contributed by atoms with van der Waals surface area (Å²) in [5, 5.41) is 16.8. The van der Waals surface area contributed by atoms with E-state index in [1.807, 2.05) is 26.0 Å². The molecular formula is C52H65N7O8. The minimum atomic E-state index is -1.16. The quantitative estimate of drug-likeness (QED) is 0.148. The average molecular weight is 916 g/mol. The maximum absolute atomic E-state index is 14.7. The largest absolute Gasteiger partial charge is 0.508 e. The Kier molecular flexibility index (Phi) is 13.4. The highest BCUT2D eigenvalue weighted by Crippen LogP contribution is 2.43. The summed E-state index contributed by atoms with van der Waals surface area (Å²) in [6.45, 7) is 16.7. The van der Waals surface area contributed by atoms with Crippen LogP contribution in [0, 0.1) is 17.3 Å². The van der Waals surface area contributed by atoms with Crippen LogP contribution in [0.3, 0.4) is 0 Å². The molecular weight excluding hydrogens is 851 g/mol. The lowest BCUT2D eigenvalue weighted by Gasteiger charge is -2.37. The van der Waals surface area contributed by atoms with E-state index in [4.69, 9.17) is 9.47 Å². The van der Waals surface area contributed by atoms with Gasteiger partial charge in [0.25, 0.3) is 5.91 Å². The highest BCUT2D eigenvalue weighted by atomic mass is 16.5. The van der Waals surface area contributed by atoms with Crippen molar-refractivity contribution in [2.24, 2.45) is 17.3 Å². The Morgan fingerprint density at radius 2 is 1.78 bits per heavy atom. The first kappa shape index (κ1) is 47.2. The molecule has 5 heterocycles. The standard InChI is InChI=1S/C52H65N7O8/c1-9-45(61)57-19-17-35(29-57)49(63)56(8)46(31(3)4)48(62)53-41-24-32-22-36(25-37(60)23-32)33-13-15-42-38(26-33)39(28-52(5,6)30-67-51(65)40-12-11-18-59(54-40)50(41)64)47(58(42)10-2)34-14-16-43-44(27-34)66-21-20-55(43)7/h9,13-16,22-23,25-27,31,35,40-41,46,54,60H,1,10-12,17-21,24,28-30H2,2-8H3,(H,53,62)/t35-,40-,41-,46-/m0/s1. The van der Waals surface area contributed by atoms with Crippen molar-refractivity contribution in [2.75, 3.05) is 58.4 Å². The molecule has 4 aliphatic heterocycles. The lowest BCUT2D eigenvalue weighted by Crippen LogP contribution is -2.62. The number of carbonyl (C=O) groups is 5. The summed E-state index contributed by atoms with van der Waals surface area (Å²) in [6, 6.07) is 15.0. The molecule has 4 aromatic rings. The Morgan fingerprint density at radius 1 is 1.00 bits per heavy atom. The van der Waals surface area contributed by atoms with E-state index in [1.165, 1.54) is 16.0 Å². The van der Waals surface area contributed by atoms with E-state index >= 15 is 0 Å². The highest BCUT2D eigenvalue weighted by Gasteiger charge is 2.40. The maximum atomic E-state index is 14.7. The molecule has 4 atom stereocenters. The number of carbonyl (C=O) groups excluding carboxylic acids is 5. The first-order valence-corrected chi connectivity index (χ1v) is 23.7. The molecule has 0 spiro atoms. The third-order valence-electron chi connectivity index (χ3n) is 13.9. The number of phenols is 1. The maximum Gasteiger partial charge on any atom is 0.324 e. The summed E-state index contributed by atoms with van der Waals surface area (Å²) in [5.41, 5.74) is 10.0. The monoisotopic (exact) mass is 915 g/mol. The second-order valence-corrected chi connectivity index (χ2v) is 19.8.